The Kier molecular flexibility index (Phi) is 14.4. The van der Waals surface area contributed by atoms with Crippen molar-refractivity contribution in [2.45, 2.75) is 105 Å². The van der Waals surface area contributed by atoms with Crippen LogP contribution in [-0.4, -0.2) is 57.7 Å². The molecule has 0 saturated heterocycles. The summed E-state index contributed by atoms with van der Waals surface area (Å²) < 4.78 is 8.70. The summed E-state index contributed by atoms with van der Waals surface area (Å²) in [5.41, 5.74) is 5.61. The van der Waals surface area contributed by atoms with Crippen molar-refractivity contribution in [3.05, 3.63) is 71.5 Å². The van der Waals surface area contributed by atoms with Gasteiger partial charge in [0.25, 0.3) is 0 Å². The van der Waals surface area contributed by atoms with Gasteiger partial charge in [0.2, 0.25) is 0 Å². The van der Waals surface area contributed by atoms with Crippen molar-refractivity contribution >= 4 is 46.0 Å². The second-order valence-corrected chi connectivity index (χ2v) is 13.8. The first-order chi connectivity index (χ1) is 15.8. The van der Waals surface area contributed by atoms with Gasteiger partial charge >= 0.3 is 46.0 Å². The van der Waals surface area contributed by atoms with E-state index >= 15 is 0 Å². The number of benzene rings is 2. The Hall–Kier alpha value is -0.940. The van der Waals surface area contributed by atoms with Gasteiger partial charge in [0.05, 0.1) is 11.5 Å². The Morgan fingerprint density at radius 2 is 0.676 bits per heavy atom. The first-order valence-electron chi connectivity index (χ1n) is 12.0. The molecular formula is C30H48CaO5P+. The summed E-state index contributed by atoms with van der Waals surface area (Å²) in [6.07, 6.45) is 0. The zero-order valence-electron chi connectivity index (χ0n) is 25.1. The summed E-state index contributed by atoms with van der Waals surface area (Å²) in [5, 5.41) is 20.7. The first kappa shape index (κ1) is 38.2. The molecular weight excluding hydrogens is 511 g/mol. The van der Waals surface area contributed by atoms with Gasteiger partial charge in [-0.1, -0.05) is 105 Å². The summed E-state index contributed by atoms with van der Waals surface area (Å²) in [5.74, 6) is 0.847. The largest absolute Gasteiger partial charge is 2.00 e. The van der Waals surface area contributed by atoms with E-state index in [1.807, 2.05) is 24.3 Å². The van der Waals surface area contributed by atoms with Gasteiger partial charge in [-0.3, -0.25) is 0 Å². The SMILES string of the molecule is O=[P+](O)O.[CH2-]c1cc(C(C)(C)C)c(O)c(C(C)(C)C)c1.[CH2-]c1cc(C(C)(C)C)c(O)c(C(C)(C)C)c1.[Ca+2]. The van der Waals surface area contributed by atoms with Crippen LogP contribution >= 0.6 is 8.25 Å². The van der Waals surface area contributed by atoms with E-state index in [0.29, 0.717) is 11.5 Å². The van der Waals surface area contributed by atoms with Crippen molar-refractivity contribution in [1.29, 1.82) is 0 Å². The maximum absolute atomic E-state index is 10.4. The number of aromatic hydroxyl groups is 2. The molecule has 2 aromatic carbocycles. The topological polar surface area (TPSA) is 98.0 Å². The Morgan fingerprint density at radius 1 is 0.541 bits per heavy atom. The number of hydrogen-bond acceptors (Lipinski definition) is 3. The molecule has 0 saturated carbocycles. The molecule has 37 heavy (non-hydrogen) atoms. The molecule has 2 aromatic rings. The molecule has 0 aromatic heterocycles. The second kappa shape index (κ2) is 13.9. The van der Waals surface area contributed by atoms with E-state index < -0.39 is 8.25 Å². The fourth-order valence-corrected chi connectivity index (χ4v) is 3.68. The van der Waals surface area contributed by atoms with Gasteiger partial charge in [-0.2, -0.15) is 49.2 Å². The molecule has 0 atom stereocenters. The molecule has 0 unspecified atom stereocenters. The predicted octanol–water partition coefficient (Wildman–Crippen LogP) is 7.59. The van der Waals surface area contributed by atoms with Gasteiger partial charge < -0.3 is 10.2 Å². The zero-order chi connectivity index (χ0) is 29.0. The molecule has 0 bridgehead atoms. The molecule has 0 fully saturated rings. The molecule has 7 heteroatoms. The molecule has 0 heterocycles. The van der Waals surface area contributed by atoms with E-state index in [1.54, 1.807) is 0 Å². The van der Waals surface area contributed by atoms with Crippen LogP contribution in [-0.2, 0) is 26.2 Å². The van der Waals surface area contributed by atoms with E-state index in [-0.39, 0.29) is 59.4 Å². The Balaban J connectivity index is 0. The van der Waals surface area contributed by atoms with Crippen molar-refractivity contribution in [2.75, 3.05) is 0 Å². The molecule has 0 aliphatic rings. The zero-order valence-corrected chi connectivity index (χ0v) is 28.2. The van der Waals surface area contributed by atoms with Gasteiger partial charge in [-0.15, -0.1) is 9.79 Å². The number of hydrogen-bond donors (Lipinski definition) is 4. The molecule has 204 valence electrons. The molecule has 4 N–H and O–H groups in total. The third-order valence-corrected chi connectivity index (χ3v) is 5.57. The van der Waals surface area contributed by atoms with Crippen molar-refractivity contribution < 1.29 is 24.6 Å². The normalized spacial score (nSPS) is 11.8. The number of phenolic OH excluding ortho intramolecular Hbond substituents is 2. The quantitative estimate of drug-likeness (QED) is 0.151. The van der Waals surface area contributed by atoms with E-state index in [2.05, 4.69) is 96.9 Å². The molecule has 0 aliphatic carbocycles. The summed E-state index contributed by atoms with van der Waals surface area (Å²) in [7, 11) is -2.87. The van der Waals surface area contributed by atoms with Crippen molar-refractivity contribution in [3.8, 4) is 11.5 Å². The van der Waals surface area contributed by atoms with Gasteiger partial charge in [0, 0.05) is 4.57 Å². The third kappa shape index (κ3) is 12.6. The Bertz CT molecular complexity index is 896. The van der Waals surface area contributed by atoms with E-state index in [4.69, 9.17) is 14.4 Å². The fraction of sp³-hybridized carbons (Fsp3) is 0.533. The third-order valence-electron chi connectivity index (χ3n) is 5.57. The monoisotopic (exact) mass is 559 g/mol. The molecule has 2 rings (SSSR count). The first-order valence-corrected chi connectivity index (χ1v) is 13.2. The molecule has 0 amide bonds. The van der Waals surface area contributed by atoms with Crippen LogP contribution in [0.15, 0.2) is 24.3 Å². The van der Waals surface area contributed by atoms with Gasteiger partial charge in [-0.05, 0) is 21.7 Å². The van der Waals surface area contributed by atoms with Crippen LogP contribution in [0.3, 0.4) is 0 Å². The Labute approximate surface area is 256 Å². The van der Waals surface area contributed by atoms with E-state index in [1.165, 1.54) is 0 Å². The Morgan fingerprint density at radius 3 is 0.784 bits per heavy atom. The van der Waals surface area contributed by atoms with Crippen molar-refractivity contribution in [3.63, 3.8) is 0 Å². The maximum atomic E-state index is 10.4. The van der Waals surface area contributed by atoms with Crippen LogP contribution in [0.5, 0.6) is 11.5 Å². The maximum Gasteiger partial charge on any atom is 2.00 e. The number of rotatable bonds is 0. The van der Waals surface area contributed by atoms with Crippen LogP contribution in [0.2, 0.25) is 0 Å². The van der Waals surface area contributed by atoms with Crippen LogP contribution in [0.1, 0.15) is 116 Å². The summed E-state index contributed by atoms with van der Waals surface area (Å²) >= 11 is 0. The summed E-state index contributed by atoms with van der Waals surface area (Å²) in [6, 6.07) is 7.91. The van der Waals surface area contributed by atoms with Crippen molar-refractivity contribution in [1.82, 2.24) is 0 Å². The van der Waals surface area contributed by atoms with Crippen molar-refractivity contribution in [2.24, 2.45) is 0 Å². The van der Waals surface area contributed by atoms with Crippen LogP contribution in [0.4, 0.5) is 0 Å². The van der Waals surface area contributed by atoms with E-state index in [0.717, 1.165) is 33.4 Å². The van der Waals surface area contributed by atoms with Gasteiger partial charge in [-0.25, -0.2) is 0 Å². The standard InChI is InChI=1S/2C15H23O.Ca.HO3P/c2*1-10-8-11(14(2,3)4)13(16)12(9-10)15(5,6)7;;1-4(2)3/h2*8-9,16H,1H2,2-7H3;;(H-,1,2,3)/q2*-1;+2;/p+1. The van der Waals surface area contributed by atoms with Crippen LogP contribution < -0.4 is 0 Å². The molecule has 5 nitrogen and oxygen atoms in total. The van der Waals surface area contributed by atoms with Gasteiger partial charge in [0.15, 0.2) is 0 Å². The predicted molar refractivity (Wildman–Crippen MR) is 158 cm³/mol. The average molecular weight is 560 g/mol. The summed E-state index contributed by atoms with van der Waals surface area (Å²) in [6.45, 7) is 33.3. The fourth-order valence-electron chi connectivity index (χ4n) is 3.68. The van der Waals surface area contributed by atoms with Gasteiger partial charge in [0.1, 0.15) is 0 Å². The minimum atomic E-state index is -2.87. The molecule has 0 aliphatic heterocycles. The molecule has 0 spiro atoms. The van der Waals surface area contributed by atoms with E-state index in [9.17, 15) is 10.2 Å². The number of phenols is 2. The average Bonchev–Trinajstić information content (AvgIpc) is 2.61. The minimum Gasteiger partial charge on any atom is -0.510 e. The smallest absolute Gasteiger partial charge is 0.510 e. The minimum absolute atomic E-state index is 0. The molecule has 0 radical (unpaired) electrons. The summed E-state index contributed by atoms with van der Waals surface area (Å²) in [4.78, 5) is 14.2. The van der Waals surface area contributed by atoms with Crippen LogP contribution in [0, 0.1) is 13.8 Å². The second-order valence-electron chi connectivity index (χ2n) is 13.3. The van der Waals surface area contributed by atoms with Crippen LogP contribution in [0.25, 0.3) is 0 Å².